The monoisotopic (exact) mass is 380 g/mol. The number of hydrogen-bond donors (Lipinski definition) is 0. The molecule has 1 aromatic rings. The first-order valence-electron chi connectivity index (χ1n) is 10.7. The summed E-state index contributed by atoms with van der Waals surface area (Å²) in [5, 5.41) is 0. The van der Waals surface area contributed by atoms with Crippen molar-refractivity contribution in [3.63, 3.8) is 0 Å². The Bertz CT molecular complexity index is 576. The number of hydrogen-bond acceptors (Lipinski definition) is 1. The molecule has 146 valence electrons. The van der Waals surface area contributed by atoms with E-state index in [4.69, 9.17) is 4.74 Å². The molecule has 1 saturated carbocycles. The van der Waals surface area contributed by atoms with E-state index in [2.05, 4.69) is 6.92 Å². The van der Waals surface area contributed by atoms with Gasteiger partial charge in [-0.05, 0) is 62.0 Å². The van der Waals surface area contributed by atoms with Gasteiger partial charge in [-0.2, -0.15) is 4.39 Å². The van der Waals surface area contributed by atoms with E-state index in [1.54, 1.807) is 19.1 Å². The van der Waals surface area contributed by atoms with Crippen molar-refractivity contribution in [1.29, 1.82) is 0 Å². The minimum absolute atomic E-state index is 0.0374. The molecule has 0 atom stereocenters. The van der Waals surface area contributed by atoms with Crippen molar-refractivity contribution in [2.24, 2.45) is 11.8 Å². The highest BCUT2D eigenvalue weighted by molar-refractivity contribution is 6.58. The van der Waals surface area contributed by atoms with Gasteiger partial charge in [0.25, 0.3) is 0 Å². The van der Waals surface area contributed by atoms with Crippen molar-refractivity contribution in [1.82, 2.24) is 0 Å². The summed E-state index contributed by atoms with van der Waals surface area (Å²) in [4.78, 5) is 0. The fourth-order valence-corrected chi connectivity index (χ4v) is 8.87. The molecule has 1 aromatic carbocycles. The summed E-state index contributed by atoms with van der Waals surface area (Å²) in [5.41, 5.74) is 0.559. The molecule has 0 bridgehead atoms. The summed E-state index contributed by atoms with van der Waals surface area (Å²) in [5.74, 6) is 0.422. The molecule has 1 saturated heterocycles. The molecular weight excluding hydrogens is 346 g/mol. The average molecular weight is 381 g/mol. The SMILES string of the molecule is CCC[Si@H]1CC[C@H](C2CCC(c3ccc(OCC)c(F)c3F)CC2)CC1. The lowest BCUT2D eigenvalue weighted by Crippen LogP contribution is -2.28. The Labute approximate surface area is 159 Å². The van der Waals surface area contributed by atoms with E-state index in [-0.39, 0.29) is 11.7 Å². The van der Waals surface area contributed by atoms with Crippen LogP contribution in [0.1, 0.15) is 70.3 Å². The molecule has 1 aliphatic carbocycles. The maximum atomic E-state index is 14.5. The van der Waals surface area contributed by atoms with E-state index < -0.39 is 20.4 Å². The first-order chi connectivity index (χ1) is 12.6. The predicted octanol–water partition coefficient (Wildman–Crippen LogP) is 6.68. The molecule has 2 aliphatic rings. The number of rotatable bonds is 6. The van der Waals surface area contributed by atoms with Gasteiger partial charge in [-0.1, -0.05) is 50.4 Å². The quantitative estimate of drug-likeness (QED) is 0.500. The van der Waals surface area contributed by atoms with Gasteiger partial charge in [-0.3, -0.25) is 0 Å². The van der Waals surface area contributed by atoms with Gasteiger partial charge in [-0.25, -0.2) is 4.39 Å². The molecule has 3 rings (SSSR count). The zero-order chi connectivity index (χ0) is 18.5. The second kappa shape index (κ2) is 9.34. The van der Waals surface area contributed by atoms with Gasteiger partial charge in [0.1, 0.15) is 0 Å². The topological polar surface area (TPSA) is 9.23 Å². The Morgan fingerprint density at radius 2 is 1.58 bits per heavy atom. The number of benzene rings is 1. The largest absolute Gasteiger partial charge is 0.491 e. The van der Waals surface area contributed by atoms with E-state index in [1.807, 2.05) is 0 Å². The standard InChI is InChI=1S/C22H34F2OSi/c1-3-13-26-14-11-17(12-15-26)16-5-7-18(8-6-16)19-9-10-20(25-4-2)22(24)21(19)23/h9-10,16-18,26H,3-8,11-15H2,1-2H3/t16?,17-,18?,26-. The van der Waals surface area contributed by atoms with Crippen molar-refractivity contribution < 1.29 is 13.5 Å². The Kier molecular flexibility index (Phi) is 7.13. The molecule has 0 N–H and O–H groups in total. The van der Waals surface area contributed by atoms with Gasteiger partial charge >= 0.3 is 0 Å². The predicted molar refractivity (Wildman–Crippen MR) is 107 cm³/mol. The average Bonchev–Trinajstić information content (AvgIpc) is 2.67. The second-order valence-corrected chi connectivity index (χ2v) is 11.9. The van der Waals surface area contributed by atoms with Crippen LogP contribution in [0.5, 0.6) is 5.75 Å². The fourth-order valence-electron chi connectivity index (χ4n) is 5.39. The van der Waals surface area contributed by atoms with Crippen LogP contribution in [0.15, 0.2) is 12.1 Å². The van der Waals surface area contributed by atoms with E-state index in [0.717, 1.165) is 24.7 Å². The lowest BCUT2D eigenvalue weighted by atomic mass is 9.72. The normalized spacial score (nSPS) is 29.5. The summed E-state index contributed by atoms with van der Waals surface area (Å²) >= 11 is 0. The molecule has 2 fully saturated rings. The van der Waals surface area contributed by atoms with E-state index in [0.29, 0.717) is 12.2 Å². The minimum Gasteiger partial charge on any atom is -0.491 e. The molecular formula is C22H34F2OSi. The van der Waals surface area contributed by atoms with Crippen LogP contribution in [0.2, 0.25) is 18.1 Å². The number of ether oxygens (including phenoxy) is 1. The fraction of sp³-hybridized carbons (Fsp3) is 0.727. The Balaban J connectivity index is 1.55. The zero-order valence-electron chi connectivity index (χ0n) is 16.4. The highest BCUT2D eigenvalue weighted by Crippen LogP contribution is 2.44. The molecule has 1 heterocycles. The van der Waals surface area contributed by atoms with Gasteiger partial charge in [0.05, 0.1) is 6.61 Å². The third kappa shape index (κ3) is 4.49. The lowest BCUT2D eigenvalue weighted by molar-refractivity contribution is 0.214. The van der Waals surface area contributed by atoms with Crippen LogP contribution in [0.3, 0.4) is 0 Å². The minimum atomic E-state index is -0.814. The van der Waals surface area contributed by atoms with Crippen molar-refractivity contribution in [2.45, 2.75) is 82.8 Å². The zero-order valence-corrected chi connectivity index (χ0v) is 17.6. The molecule has 0 radical (unpaired) electrons. The maximum Gasteiger partial charge on any atom is 0.200 e. The Hall–Kier alpha value is -0.903. The van der Waals surface area contributed by atoms with E-state index in [1.165, 1.54) is 50.2 Å². The maximum absolute atomic E-state index is 14.5. The van der Waals surface area contributed by atoms with Crippen LogP contribution in [0, 0.1) is 23.5 Å². The van der Waals surface area contributed by atoms with Crippen LogP contribution in [-0.4, -0.2) is 15.4 Å². The van der Waals surface area contributed by atoms with Crippen molar-refractivity contribution >= 4 is 8.80 Å². The summed E-state index contributed by atoms with van der Waals surface area (Å²) in [6, 6.07) is 7.95. The van der Waals surface area contributed by atoms with Crippen molar-refractivity contribution in [2.75, 3.05) is 6.61 Å². The van der Waals surface area contributed by atoms with Crippen LogP contribution in [0.4, 0.5) is 8.78 Å². The molecule has 0 unspecified atom stereocenters. The summed E-state index contributed by atoms with van der Waals surface area (Å²) in [6.45, 7) is 4.46. The van der Waals surface area contributed by atoms with Crippen LogP contribution >= 0.6 is 0 Å². The Morgan fingerprint density at radius 3 is 2.19 bits per heavy atom. The molecule has 1 nitrogen and oxygen atoms in total. The molecule has 0 amide bonds. The second-order valence-electron chi connectivity index (χ2n) is 8.40. The summed E-state index contributed by atoms with van der Waals surface area (Å²) in [6.07, 6.45) is 8.63. The molecule has 0 aromatic heterocycles. The molecule has 4 heteroatoms. The van der Waals surface area contributed by atoms with E-state index >= 15 is 0 Å². The van der Waals surface area contributed by atoms with E-state index in [9.17, 15) is 8.78 Å². The third-order valence-corrected chi connectivity index (χ3v) is 10.5. The summed E-state index contributed by atoms with van der Waals surface area (Å²) in [7, 11) is -0.407. The third-order valence-electron chi connectivity index (χ3n) is 6.84. The summed E-state index contributed by atoms with van der Waals surface area (Å²) < 4.78 is 33.8. The van der Waals surface area contributed by atoms with Gasteiger partial charge in [-0.15, -0.1) is 0 Å². The van der Waals surface area contributed by atoms with Gasteiger partial charge in [0, 0.05) is 8.80 Å². The van der Waals surface area contributed by atoms with Crippen LogP contribution in [-0.2, 0) is 0 Å². The Morgan fingerprint density at radius 1 is 0.923 bits per heavy atom. The first kappa shape index (κ1) is 19.8. The highest BCUT2D eigenvalue weighted by atomic mass is 28.3. The molecule has 1 aliphatic heterocycles. The smallest absolute Gasteiger partial charge is 0.200 e. The van der Waals surface area contributed by atoms with Gasteiger partial charge in [0.2, 0.25) is 5.82 Å². The van der Waals surface area contributed by atoms with Crippen LogP contribution in [0.25, 0.3) is 0 Å². The van der Waals surface area contributed by atoms with Gasteiger partial charge in [0.15, 0.2) is 11.6 Å². The molecule has 0 spiro atoms. The van der Waals surface area contributed by atoms with Gasteiger partial charge < -0.3 is 4.74 Å². The lowest BCUT2D eigenvalue weighted by Gasteiger charge is -2.37. The first-order valence-corrected chi connectivity index (χ1v) is 13.2. The van der Waals surface area contributed by atoms with Crippen molar-refractivity contribution in [3.05, 3.63) is 29.3 Å². The molecule has 26 heavy (non-hydrogen) atoms. The number of halogens is 2. The highest BCUT2D eigenvalue weighted by Gasteiger charge is 2.32. The van der Waals surface area contributed by atoms with Crippen molar-refractivity contribution in [3.8, 4) is 5.75 Å². The van der Waals surface area contributed by atoms with Crippen LogP contribution < -0.4 is 4.74 Å².